The van der Waals surface area contributed by atoms with E-state index in [9.17, 15) is 18.8 Å². The SMILES string of the molecule is CC1(c2ccc(F)cc2)NC(=O)N(CC(=O)Nc2ccc(OCc3ccccc3)cc2)C1=O. The molecule has 8 heteroatoms. The van der Waals surface area contributed by atoms with Gasteiger partial charge in [-0.2, -0.15) is 0 Å². The first-order valence-corrected chi connectivity index (χ1v) is 10.3. The summed E-state index contributed by atoms with van der Waals surface area (Å²) in [5, 5.41) is 5.26. The summed E-state index contributed by atoms with van der Waals surface area (Å²) in [5.41, 5.74) is 0.593. The van der Waals surface area contributed by atoms with E-state index < -0.39 is 35.7 Å². The number of anilines is 1. The van der Waals surface area contributed by atoms with Crippen molar-refractivity contribution < 1.29 is 23.5 Å². The lowest BCUT2D eigenvalue weighted by Crippen LogP contribution is -2.42. The molecule has 0 radical (unpaired) electrons. The maximum Gasteiger partial charge on any atom is 0.325 e. The molecule has 0 aliphatic carbocycles. The highest BCUT2D eigenvalue weighted by Gasteiger charge is 2.49. The molecule has 1 atom stereocenters. The average Bonchev–Trinajstić information content (AvgIpc) is 3.03. The van der Waals surface area contributed by atoms with E-state index in [-0.39, 0.29) is 0 Å². The lowest BCUT2D eigenvalue weighted by atomic mass is 9.92. The van der Waals surface area contributed by atoms with Crippen molar-refractivity contribution in [3.05, 3.63) is 95.8 Å². The molecule has 0 aromatic heterocycles. The molecule has 1 saturated heterocycles. The molecule has 168 valence electrons. The van der Waals surface area contributed by atoms with Gasteiger partial charge in [0.05, 0.1) is 0 Å². The highest BCUT2D eigenvalue weighted by Crippen LogP contribution is 2.29. The highest BCUT2D eigenvalue weighted by molar-refractivity contribution is 6.10. The molecule has 0 saturated carbocycles. The van der Waals surface area contributed by atoms with Crippen molar-refractivity contribution in [1.29, 1.82) is 0 Å². The van der Waals surface area contributed by atoms with Crippen molar-refractivity contribution >= 4 is 23.5 Å². The molecule has 3 aromatic rings. The van der Waals surface area contributed by atoms with Crippen molar-refractivity contribution in [3.8, 4) is 5.75 Å². The lowest BCUT2D eigenvalue weighted by Gasteiger charge is -2.22. The van der Waals surface area contributed by atoms with E-state index in [1.54, 1.807) is 24.3 Å². The maximum atomic E-state index is 13.2. The molecule has 2 N–H and O–H groups in total. The fraction of sp³-hybridized carbons (Fsp3) is 0.160. The van der Waals surface area contributed by atoms with E-state index in [4.69, 9.17) is 4.74 Å². The summed E-state index contributed by atoms with van der Waals surface area (Å²) in [7, 11) is 0. The van der Waals surface area contributed by atoms with E-state index >= 15 is 0 Å². The Balaban J connectivity index is 1.35. The third-order valence-electron chi connectivity index (χ3n) is 5.38. The number of ether oxygens (including phenoxy) is 1. The molecule has 1 heterocycles. The number of rotatable bonds is 7. The van der Waals surface area contributed by atoms with Crippen molar-refractivity contribution in [2.45, 2.75) is 19.1 Å². The van der Waals surface area contributed by atoms with E-state index in [2.05, 4.69) is 10.6 Å². The number of benzene rings is 3. The molecule has 1 aliphatic rings. The largest absolute Gasteiger partial charge is 0.489 e. The first kappa shape index (κ1) is 22.0. The van der Waals surface area contributed by atoms with Gasteiger partial charge in [-0.15, -0.1) is 0 Å². The van der Waals surface area contributed by atoms with Gasteiger partial charge in [-0.05, 0) is 54.4 Å². The summed E-state index contributed by atoms with van der Waals surface area (Å²) >= 11 is 0. The average molecular weight is 447 g/mol. The van der Waals surface area contributed by atoms with Gasteiger partial charge < -0.3 is 15.4 Å². The zero-order valence-electron chi connectivity index (χ0n) is 17.9. The number of amides is 4. The summed E-state index contributed by atoms with van der Waals surface area (Å²) in [4.78, 5) is 38.6. The van der Waals surface area contributed by atoms with Crippen LogP contribution in [0.15, 0.2) is 78.9 Å². The van der Waals surface area contributed by atoms with Crippen molar-refractivity contribution in [2.75, 3.05) is 11.9 Å². The van der Waals surface area contributed by atoms with Gasteiger partial charge >= 0.3 is 6.03 Å². The Hall–Kier alpha value is -4.20. The number of carbonyl (C=O) groups is 3. The Bertz CT molecular complexity index is 1170. The quantitative estimate of drug-likeness (QED) is 0.539. The van der Waals surface area contributed by atoms with Gasteiger partial charge in [-0.25, -0.2) is 9.18 Å². The molecule has 1 aliphatic heterocycles. The predicted molar refractivity (Wildman–Crippen MR) is 120 cm³/mol. The second-order valence-electron chi connectivity index (χ2n) is 7.80. The van der Waals surface area contributed by atoms with Crippen LogP contribution >= 0.6 is 0 Å². The zero-order valence-corrected chi connectivity index (χ0v) is 17.9. The van der Waals surface area contributed by atoms with Crippen molar-refractivity contribution in [3.63, 3.8) is 0 Å². The maximum absolute atomic E-state index is 13.2. The summed E-state index contributed by atoms with van der Waals surface area (Å²) < 4.78 is 18.9. The van der Waals surface area contributed by atoms with Crippen LogP contribution in [0.25, 0.3) is 0 Å². The third-order valence-corrected chi connectivity index (χ3v) is 5.38. The second kappa shape index (κ2) is 9.12. The van der Waals surface area contributed by atoms with E-state index in [1.165, 1.54) is 31.2 Å². The lowest BCUT2D eigenvalue weighted by molar-refractivity contribution is -0.133. The summed E-state index contributed by atoms with van der Waals surface area (Å²) in [6, 6.07) is 21.1. The Morgan fingerprint density at radius 2 is 1.67 bits per heavy atom. The Morgan fingerprint density at radius 3 is 2.33 bits per heavy atom. The van der Waals surface area contributed by atoms with Gasteiger partial charge in [-0.1, -0.05) is 42.5 Å². The molecule has 4 amide bonds. The highest BCUT2D eigenvalue weighted by atomic mass is 19.1. The van der Waals surface area contributed by atoms with Crippen LogP contribution in [-0.2, 0) is 21.7 Å². The van der Waals surface area contributed by atoms with Crippen LogP contribution in [0.5, 0.6) is 5.75 Å². The normalized spacial score (nSPS) is 17.6. The van der Waals surface area contributed by atoms with Crippen LogP contribution in [0, 0.1) is 5.82 Å². The monoisotopic (exact) mass is 447 g/mol. The minimum absolute atomic E-state index is 0.422. The fourth-order valence-electron chi connectivity index (χ4n) is 3.54. The summed E-state index contributed by atoms with van der Waals surface area (Å²) in [6.07, 6.45) is 0. The molecule has 0 spiro atoms. The number of nitrogens with zero attached hydrogens (tertiary/aromatic N) is 1. The second-order valence-corrected chi connectivity index (χ2v) is 7.80. The first-order valence-electron chi connectivity index (χ1n) is 10.3. The van der Waals surface area contributed by atoms with E-state index in [0.29, 0.717) is 23.6 Å². The van der Waals surface area contributed by atoms with Crippen LogP contribution in [0.3, 0.4) is 0 Å². The van der Waals surface area contributed by atoms with Crippen molar-refractivity contribution in [1.82, 2.24) is 10.2 Å². The van der Waals surface area contributed by atoms with Crippen LogP contribution in [0.4, 0.5) is 14.9 Å². The molecule has 3 aromatic carbocycles. The van der Waals surface area contributed by atoms with Crippen LogP contribution < -0.4 is 15.4 Å². The number of nitrogens with one attached hydrogen (secondary N) is 2. The van der Waals surface area contributed by atoms with Gasteiger partial charge in [0, 0.05) is 5.69 Å². The molecule has 1 unspecified atom stereocenters. The number of hydrogen-bond donors (Lipinski definition) is 2. The molecule has 4 rings (SSSR count). The van der Waals surface area contributed by atoms with Crippen LogP contribution in [0.1, 0.15) is 18.1 Å². The Morgan fingerprint density at radius 1 is 1.00 bits per heavy atom. The van der Waals surface area contributed by atoms with Gasteiger partial charge in [0.1, 0.15) is 30.3 Å². The number of hydrogen-bond acceptors (Lipinski definition) is 4. The van der Waals surface area contributed by atoms with E-state index in [0.717, 1.165) is 10.5 Å². The minimum atomic E-state index is -1.37. The Labute approximate surface area is 190 Å². The van der Waals surface area contributed by atoms with Crippen LogP contribution in [-0.4, -0.2) is 29.3 Å². The van der Waals surface area contributed by atoms with Gasteiger partial charge in [-0.3, -0.25) is 14.5 Å². The summed E-state index contributed by atoms with van der Waals surface area (Å²) in [6.45, 7) is 1.49. The predicted octanol–water partition coefficient (Wildman–Crippen LogP) is 3.81. The van der Waals surface area contributed by atoms with E-state index in [1.807, 2.05) is 30.3 Å². The zero-order chi connectivity index (χ0) is 23.4. The first-order chi connectivity index (χ1) is 15.8. The van der Waals surface area contributed by atoms with Gasteiger partial charge in [0.15, 0.2) is 0 Å². The number of carbonyl (C=O) groups excluding carboxylic acids is 3. The number of halogens is 1. The smallest absolute Gasteiger partial charge is 0.325 e. The fourth-order valence-corrected chi connectivity index (χ4v) is 3.54. The molecule has 33 heavy (non-hydrogen) atoms. The van der Waals surface area contributed by atoms with Gasteiger partial charge in [0.25, 0.3) is 5.91 Å². The summed E-state index contributed by atoms with van der Waals surface area (Å²) in [5.74, 6) is -0.924. The standard InChI is InChI=1S/C25H22FN3O4/c1-25(18-7-9-19(26)10-8-18)23(31)29(24(32)28-25)15-22(30)27-20-11-13-21(14-12-20)33-16-17-5-3-2-4-6-17/h2-14H,15-16H2,1H3,(H,27,30)(H,28,32). The molecule has 1 fully saturated rings. The molecule has 0 bridgehead atoms. The topological polar surface area (TPSA) is 87.7 Å². The molecular weight excluding hydrogens is 425 g/mol. The van der Waals surface area contributed by atoms with Gasteiger partial charge in [0.2, 0.25) is 5.91 Å². The molecule has 7 nitrogen and oxygen atoms in total. The van der Waals surface area contributed by atoms with Crippen molar-refractivity contribution in [2.24, 2.45) is 0 Å². The molecular formula is C25H22FN3O4. The van der Waals surface area contributed by atoms with Crippen LogP contribution in [0.2, 0.25) is 0 Å². The number of urea groups is 1. The Kier molecular flexibility index (Phi) is 6.08. The third kappa shape index (κ3) is 4.85. The number of imide groups is 1. The minimum Gasteiger partial charge on any atom is -0.489 e.